The highest BCUT2D eigenvalue weighted by atomic mass is 31.2. The summed E-state index contributed by atoms with van der Waals surface area (Å²) in [7, 11) is -0.811. The molecular formula is C12H16NO2P. The Hall–Kier alpha value is -0.470. The van der Waals surface area contributed by atoms with Crippen molar-refractivity contribution in [2.24, 2.45) is 0 Å². The summed E-state index contributed by atoms with van der Waals surface area (Å²) < 4.78 is 14.0. The van der Waals surface area contributed by atoms with Crippen LogP contribution < -0.4 is 0 Å². The first kappa shape index (κ1) is 10.7. The number of fused-ring (bicyclic) bond motifs is 1. The molecular weight excluding hydrogens is 221 g/mol. The Morgan fingerprint density at radius 3 is 2.75 bits per heavy atom. The molecule has 0 amide bonds. The second-order valence-electron chi connectivity index (χ2n) is 4.91. The van der Waals surface area contributed by atoms with Gasteiger partial charge in [0.05, 0.1) is 6.61 Å². The smallest absolute Gasteiger partial charge is 0.260 e. The highest BCUT2D eigenvalue weighted by Crippen LogP contribution is 2.61. The molecule has 86 valence electrons. The lowest BCUT2D eigenvalue weighted by atomic mass is 10.1. The molecule has 2 heterocycles. The van der Waals surface area contributed by atoms with Gasteiger partial charge >= 0.3 is 0 Å². The molecule has 2 unspecified atom stereocenters. The van der Waals surface area contributed by atoms with Crippen LogP contribution in [0.3, 0.4) is 0 Å². The molecule has 3 rings (SSSR count). The van der Waals surface area contributed by atoms with E-state index in [0.717, 1.165) is 13.2 Å². The van der Waals surface area contributed by atoms with Gasteiger partial charge in [-0.3, -0.25) is 0 Å². The molecule has 2 aliphatic heterocycles. The van der Waals surface area contributed by atoms with E-state index in [0.29, 0.717) is 0 Å². The van der Waals surface area contributed by atoms with Crippen LogP contribution in [-0.4, -0.2) is 23.4 Å². The van der Waals surface area contributed by atoms with E-state index in [-0.39, 0.29) is 11.6 Å². The van der Waals surface area contributed by atoms with Gasteiger partial charge in [0, 0.05) is 12.1 Å². The number of benzene rings is 1. The molecule has 1 aromatic rings. The average Bonchev–Trinajstić information content (AvgIpc) is 2.82. The molecule has 16 heavy (non-hydrogen) atoms. The van der Waals surface area contributed by atoms with Gasteiger partial charge in [0.2, 0.25) is 0 Å². The van der Waals surface area contributed by atoms with E-state index in [2.05, 4.69) is 42.8 Å². The monoisotopic (exact) mass is 237 g/mol. The summed E-state index contributed by atoms with van der Waals surface area (Å²) in [6.45, 7) is 6.15. The van der Waals surface area contributed by atoms with E-state index in [1.54, 1.807) is 0 Å². The summed E-state index contributed by atoms with van der Waals surface area (Å²) in [5, 5.41) is 0. The zero-order valence-electron chi connectivity index (χ0n) is 9.59. The van der Waals surface area contributed by atoms with Crippen molar-refractivity contribution in [1.82, 2.24) is 4.67 Å². The third kappa shape index (κ3) is 1.68. The fourth-order valence-electron chi connectivity index (χ4n) is 2.11. The predicted octanol–water partition coefficient (Wildman–Crippen LogP) is 3.10. The maximum atomic E-state index is 5.98. The largest absolute Gasteiger partial charge is 0.320 e. The molecule has 2 fully saturated rings. The van der Waals surface area contributed by atoms with Crippen LogP contribution in [0.1, 0.15) is 25.5 Å². The first-order valence-electron chi connectivity index (χ1n) is 5.59. The van der Waals surface area contributed by atoms with Gasteiger partial charge in [-0.15, -0.1) is 0 Å². The first-order valence-corrected chi connectivity index (χ1v) is 6.72. The van der Waals surface area contributed by atoms with E-state index in [1.165, 1.54) is 5.56 Å². The molecule has 0 N–H and O–H groups in total. The van der Waals surface area contributed by atoms with Crippen LogP contribution in [0.4, 0.5) is 0 Å². The molecule has 0 bridgehead atoms. The Morgan fingerprint density at radius 1 is 1.31 bits per heavy atom. The lowest BCUT2D eigenvalue weighted by molar-refractivity contribution is 0.162. The van der Waals surface area contributed by atoms with E-state index in [4.69, 9.17) is 9.05 Å². The van der Waals surface area contributed by atoms with E-state index in [9.17, 15) is 0 Å². The van der Waals surface area contributed by atoms with Crippen LogP contribution in [0.15, 0.2) is 30.3 Å². The van der Waals surface area contributed by atoms with Gasteiger partial charge in [-0.05, 0) is 19.4 Å². The Bertz CT molecular complexity index is 382. The third-order valence-corrected chi connectivity index (χ3v) is 5.04. The van der Waals surface area contributed by atoms with Crippen molar-refractivity contribution in [1.29, 1.82) is 0 Å². The van der Waals surface area contributed by atoms with Gasteiger partial charge in [-0.25, -0.2) is 4.67 Å². The number of nitrogens with zero attached hydrogens (tertiary/aromatic N) is 1. The second-order valence-corrected chi connectivity index (χ2v) is 6.34. The zero-order chi connectivity index (χ0) is 11.2. The Morgan fingerprint density at radius 2 is 2.06 bits per heavy atom. The van der Waals surface area contributed by atoms with Crippen LogP contribution >= 0.6 is 8.53 Å². The number of rotatable bonds is 1. The average molecular weight is 237 g/mol. The molecule has 2 saturated heterocycles. The molecule has 2 aliphatic rings. The lowest BCUT2D eigenvalue weighted by Gasteiger charge is -2.25. The minimum Gasteiger partial charge on any atom is -0.320 e. The summed E-state index contributed by atoms with van der Waals surface area (Å²) in [5.74, 6) is 0. The van der Waals surface area contributed by atoms with Gasteiger partial charge in [0.1, 0.15) is 6.10 Å². The summed E-state index contributed by atoms with van der Waals surface area (Å²) in [6, 6.07) is 10.4. The highest BCUT2D eigenvalue weighted by molar-refractivity contribution is 7.45. The minimum atomic E-state index is -0.811. The van der Waals surface area contributed by atoms with Gasteiger partial charge in [0.15, 0.2) is 0 Å². The van der Waals surface area contributed by atoms with Gasteiger partial charge in [-0.2, -0.15) is 0 Å². The SMILES string of the molecule is CC1(C)COP2OC(c3ccccc3)CN21. The quantitative estimate of drug-likeness (QED) is 0.700. The highest BCUT2D eigenvalue weighted by Gasteiger charge is 2.49. The second kappa shape index (κ2) is 3.78. The van der Waals surface area contributed by atoms with E-state index < -0.39 is 8.53 Å². The Balaban J connectivity index is 1.80. The van der Waals surface area contributed by atoms with Crippen LogP contribution in [0.5, 0.6) is 0 Å². The molecule has 4 heteroatoms. The van der Waals surface area contributed by atoms with Crippen LogP contribution in [0.25, 0.3) is 0 Å². The molecule has 3 nitrogen and oxygen atoms in total. The van der Waals surface area contributed by atoms with Crippen molar-refractivity contribution in [2.45, 2.75) is 25.5 Å². The molecule has 2 atom stereocenters. The number of hydrogen-bond donors (Lipinski definition) is 0. The molecule has 0 radical (unpaired) electrons. The summed E-state index contributed by atoms with van der Waals surface area (Å²) >= 11 is 0. The van der Waals surface area contributed by atoms with Crippen molar-refractivity contribution in [3.63, 3.8) is 0 Å². The molecule has 1 aromatic carbocycles. The summed E-state index contributed by atoms with van der Waals surface area (Å²) in [6.07, 6.45) is 0.173. The predicted molar refractivity (Wildman–Crippen MR) is 63.9 cm³/mol. The van der Waals surface area contributed by atoms with Crippen LogP contribution in [0.2, 0.25) is 0 Å². The standard InChI is InChI=1S/C12H16NO2P/c1-12(2)9-14-16-13(12)8-11(15-16)10-6-4-3-5-7-10/h3-7,11H,8-9H2,1-2H3. The maximum absolute atomic E-state index is 5.98. The fraction of sp³-hybridized carbons (Fsp3) is 0.500. The maximum Gasteiger partial charge on any atom is 0.260 e. The Labute approximate surface area is 97.3 Å². The first-order chi connectivity index (χ1) is 7.67. The molecule has 0 aliphatic carbocycles. The van der Waals surface area contributed by atoms with Crippen LogP contribution in [0, 0.1) is 0 Å². The lowest BCUT2D eigenvalue weighted by Crippen LogP contribution is -2.37. The van der Waals surface area contributed by atoms with Crippen LogP contribution in [-0.2, 0) is 9.05 Å². The summed E-state index contributed by atoms with van der Waals surface area (Å²) in [5.41, 5.74) is 1.37. The minimum absolute atomic E-state index is 0.120. The van der Waals surface area contributed by atoms with Crippen molar-refractivity contribution in [3.05, 3.63) is 35.9 Å². The normalized spacial score (nSPS) is 32.9. The van der Waals surface area contributed by atoms with Gasteiger partial charge in [0.25, 0.3) is 8.53 Å². The molecule has 0 spiro atoms. The summed E-state index contributed by atoms with van der Waals surface area (Å²) in [4.78, 5) is 0. The molecule has 0 aromatic heterocycles. The fourth-order valence-corrected chi connectivity index (χ4v) is 4.04. The van der Waals surface area contributed by atoms with Crippen molar-refractivity contribution >= 4 is 8.53 Å². The van der Waals surface area contributed by atoms with Gasteiger partial charge in [-0.1, -0.05) is 30.3 Å². The zero-order valence-corrected chi connectivity index (χ0v) is 10.5. The number of hydrogen-bond acceptors (Lipinski definition) is 3. The van der Waals surface area contributed by atoms with Gasteiger partial charge < -0.3 is 9.05 Å². The van der Waals surface area contributed by atoms with E-state index in [1.807, 2.05) is 6.07 Å². The third-order valence-electron chi connectivity index (χ3n) is 3.15. The van der Waals surface area contributed by atoms with Crippen molar-refractivity contribution < 1.29 is 9.05 Å². The van der Waals surface area contributed by atoms with Crippen molar-refractivity contribution in [2.75, 3.05) is 13.2 Å². The topological polar surface area (TPSA) is 21.7 Å². The Kier molecular flexibility index (Phi) is 2.52. The van der Waals surface area contributed by atoms with Crippen molar-refractivity contribution in [3.8, 4) is 0 Å². The van der Waals surface area contributed by atoms with E-state index >= 15 is 0 Å². The molecule has 0 saturated carbocycles.